The molecule has 0 aromatic heterocycles. The van der Waals surface area contributed by atoms with Crippen LogP contribution < -0.4 is 4.74 Å². The van der Waals surface area contributed by atoms with Crippen LogP contribution in [0.1, 0.15) is 55.6 Å². The molecule has 2 aliphatic heterocycles. The Labute approximate surface area is 210 Å². The third kappa shape index (κ3) is 4.98. The quantitative estimate of drug-likeness (QED) is 0.491. The molecule has 2 fully saturated rings. The van der Waals surface area contributed by atoms with E-state index < -0.39 is 0 Å². The Balaban J connectivity index is 1.29. The summed E-state index contributed by atoms with van der Waals surface area (Å²) in [6.45, 7) is 1.07. The van der Waals surface area contributed by atoms with Crippen LogP contribution in [0.2, 0.25) is 5.02 Å². The summed E-state index contributed by atoms with van der Waals surface area (Å²) >= 11 is 7.59. The molecule has 1 amide bonds. The van der Waals surface area contributed by atoms with E-state index in [9.17, 15) is 10.1 Å². The minimum atomic E-state index is -0.206. The number of carbonyl (C=O) groups excluding carboxylic acids is 1. The second-order valence-corrected chi connectivity index (χ2v) is 10.6. The third-order valence-electron chi connectivity index (χ3n) is 7.01. The molecule has 1 saturated carbocycles. The van der Waals surface area contributed by atoms with Gasteiger partial charge in [-0.15, -0.1) is 0 Å². The summed E-state index contributed by atoms with van der Waals surface area (Å²) in [5, 5.41) is 11.6. The van der Waals surface area contributed by atoms with Crippen molar-refractivity contribution >= 4 is 29.3 Å². The molecule has 34 heavy (non-hydrogen) atoms. The zero-order chi connectivity index (χ0) is 23.5. The highest BCUT2D eigenvalue weighted by atomic mass is 35.5. The molecule has 7 heteroatoms. The molecule has 0 spiro atoms. The monoisotopic (exact) mass is 493 g/mol. The molecular formula is C27H28ClN3O2S. The lowest BCUT2D eigenvalue weighted by atomic mass is 9.86. The molecular weight excluding hydrogens is 466 g/mol. The van der Waals surface area contributed by atoms with Gasteiger partial charge in [-0.1, -0.05) is 66.9 Å². The van der Waals surface area contributed by atoms with Gasteiger partial charge in [-0.2, -0.15) is 5.26 Å². The third-order valence-corrected chi connectivity index (χ3v) is 8.43. The lowest BCUT2D eigenvalue weighted by molar-refractivity contribution is -0.132. The standard InChI is InChI=1S/C27H28ClN3O2S/c28-21-10-6-19(7-11-21)16-33-23-12-8-20(9-13-23)24-14-26(32)31-17-30(22-4-2-1-3-5-22)18-34-27(31)25(24)15-29/h6-13,22,24H,1-5,14,16-18H2/t24-/m0/s1. The molecule has 2 aromatic rings. The average Bonchev–Trinajstić information content (AvgIpc) is 2.89. The van der Waals surface area contributed by atoms with Crippen LogP contribution in [0.3, 0.4) is 0 Å². The smallest absolute Gasteiger partial charge is 0.229 e. The highest BCUT2D eigenvalue weighted by Gasteiger charge is 2.39. The van der Waals surface area contributed by atoms with E-state index in [-0.39, 0.29) is 11.8 Å². The first-order valence-corrected chi connectivity index (χ1v) is 13.3. The maximum atomic E-state index is 13.2. The number of nitrogens with zero attached hydrogens (tertiary/aromatic N) is 3. The predicted molar refractivity (Wildman–Crippen MR) is 135 cm³/mol. The van der Waals surface area contributed by atoms with Gasteiger partial charge in [0.25, 0.3) is 0 Å². The van der Waals surface area contributed by atoms with Crippen LogP contribution in [-0.2, 0) is 11.4 Å². The number of rotatable bonds is 5. The molecule has 5 rings (SSSR count). The number of halogens is 1. The van der Waals surface area contributed by atoms with Crippen LogP contribution >= 0.6 is 23.4 Å². The van der Waals surface area contributed by atoms with Crippen molar-refractivity contribution in [3.8, 4) is 11.8 Å². The summed E-state index contributed by atoms with van der Waals surface area (Å²) in [5.74, 6) is 1.50. The molecule has 5 nitrogen and oxygen atoms in total. The molecule has 1 saturated heterocycles. The molecule has 0 radical (unpaired) electrons. The number of amides is 1. The van der Waals surface area contributed by atoms with E-state index in [2.05, 4.69) is 11.0 Å². The summed E-state index contributed by atoms with van der Waals surface area (Å²) in [4.78, 5) is 17.4. The van der Waals surface area contributed by atoms with E-state index in [1.54, 1.807) is 11.8 Å². The minimum Gasteiger partial charge on any atom is -0.489 e. The molecule has 2 aromatic carbocycles. The number of benzene rings is 2. The van der Waals surface area contributed by atoms with Gasteiger partial charge in [0, 0.05) is 23.4 Å². The topological polar surface area (TPSA) is 56.6 Å². The van der Waals surface area contributed by atoms with Crippen molar-refractivity contribution in [3.63, 3.8) is 0 Å². The molecule has 1 atom stereocenters. The highest BCUT2D eigenvalue weighted by Crippen LogP contribution is 2.43. The van der Waals surface area contributed by atoms with E-state index in [4.69, 9.17) is 16.3 Å². The van der Waals surface area contributed by atoms with Gasteiger partial charge >= 0.3 is 0 Å². The Bertz CT molecular complexity index is 1100. The van der Waals surface area contributed by atoms with Crippen molar-refractivity contribution < 1.29 is 9.53 Å². The number of hydrogen-bond donors (Lipinski definition) is 0. The maximum absolute atomic E-state index is 13.2. The minimum absolute atomic E-state index is 0.107. The first-order chi connectivity index (χ1) is 16.6. The van der Waals surface area contributed by atoms with Crippen molar-refractivity contribution in [2.45, 2.75) is 57.1 Å². The molecule has 0 bridgehead atoms. The lowest BCUT2D eigenvalue weighted by Gasteiger charge is -2.44. The van der Waals surface area contributed by atoms with E-state index in [1.807, 2.05) is 53.4 Å². The van der Waals surface area contributed by atoms with Crippen LogP contribution in [0.4, 0.5) is 0 Å². The first kappa shape index (κ1) is 23.3. The number of hydrogen-bond acceptors (Lipinski definition) is 5. The largest absolute Gasteiger partial charge is 0.489 e. The fourth-order valence-electron chi connectivity index (χ4n) is 5.08. The van der Waals surface area contributed by atoms with Gasteiger partial charge in [0.15, 0.2) is 0 Å². The number of fused-ring (bicyclic) bond motifs is 1. The first-order valence-electron chi connectivity index (χ1n) is 11.9. The maximum Gasteiger partial charge on any atom is 0.229 e. The van der Waals surface area contributed by atoms with E-state index >= 15 is 0 Å². The second kappa shape index (κ2) is 10.4. The number of allylic oxidation sites excluding steroid dienone is 1. The van der Waals surface area contributed by atoms with E-state index in [0.717, 1.165) is 27.8 Å². The van der Waals surface area contributed by atoms with Crippen LogP contribution in [0, 0.1) is 11.3 Å². The van der Waals surface area contributed by atoms with Gasteiger partial charge in [0.2, 0.25) is 5.91 Å². The Morgan fingerprint density at radius 2 is 1.79 bits per heavy atom. The van der Waals surface area contributed by atoms with Gasteiger partial charge in [-0.05, 0) is 48.2 Å². The van der Waals surface area contributed by atoms with Crippen LogP contribution in [0.25, 0.3) is 0 Å². The summed E-state index contributed by atoms with van der Waals surface area (Å²) in [6, 6.07) is 18.4. The Hall–Kier alpha value is -2.46. The molecule has 2 heterocycles. The molecule has 176 valence electrons. The van der Waals surface area contributed by atoms with Crippen molar-refractivity contribution in [1.82, 2.24) is 9.80 Å². The number of nitriles is 1. The number of ether oxygens (including phenoxy) is 1. The van der Waals surface area contributed by atoms with Gasteiger partial charge in [0.05, 0.1) is 29.2 Å². The van der Waals surface area contributed by atoms with Gasteiger partial charge in [-0.25, -0.2) is 0 Å². The fourth-order valence-corrected chi connectivity index (χ4v) is 6.45. The molecule has 0 unspecified atom stereocenters. The Morgan fingerprint density at radius 1 is 1.06 bits per heavy atom. The van der Waals surface area contributed by atoms with E-state index in [1.165, 1.54) is 32.1 Å². The van der Waals surface area contributed by atoms with E-state index in [0.29, 0.717) is 36.3 Å². The van der Waals surface area contributed by atoms with Crippen LogP contribution in [-0.4, -0.2) is 34.3 Å². The average molecular weight is 494 g/mol. The van der Waals surface area contributed by atoms with Gasteiger partial charge < -0.3 is 4.74 Å². The summed E-state index contributed by atoms with van der Waals surface area (Å²) in [7, 11) is 0. The summed E-state index contributed by atoms with van der Waals surface area (Å²) < 4.78 is 5.90. The SMILES string of the molecule is N#CC1=C2SCN(C3CCCCC3)CN2C(=O)C[C@H]1c1ccc(OCc2ccc(Cl)cc2)cc1. The second-order valence-electron chi connectivity index (χ2n) is 9.19. The van der Waals surface area contributed by atoms with Crippen molar-refractivity contribution in [3.05, 3.63) is 75.3 Å². The van der Waals surface area contributed by atoms with Crippen LogP contribution in [0.15, 0.2) is 59.1 Å². The lowest BCUT2D eigenvalue weighted by Crippen LogP contribution is -2.51. The predicted octanol–water partition coefficient (Wildman–Crippen LogP) is 6.27. The molecule has 3 aliphatic rings. The Morgan fingerprint density at radius 3 is 2.50 bits per heavy atom. The molecule has 0 N–H and O–H groups in total. The number of carbonyl (C=O) groups is 1. The normalized spacial score (nSPS) is 21.8. The number of thioether (sulfide) groups is 1. The zero-order valence-electron chi connectivity index (χ0n) is 19.1. The van der Waals surface area contributed by atoms with Crippen molar-refractivity contribution in [2.24, 2.45) is 0 Å². The molecule has 1 aliphatic carbocycles. The fraction of sp³-hybridized carbons (Fsp3) is 0.407. The highest BCUT2D eigenvalue weighted by molar-refractivity contribution is 8.03. The van der Waals surface area contributed by atoms with Gasteiger partial charge in [0.1, 0.15) is 12.4 Å². The summed E-state index contributed by atoms with van der Waals surface area (Å²) in [5.41, 5.74) is 2.73. The van der Waals surface area contributed by atoms with Crippen LogP contribution in [0.5, 0.6) is 5.75 Å². The Kier molecular flexibility index (Phi) is 7.15. The van der Waals surface area contributed by atoms with Gasteiger partial charge in [-0.3, -0.25) is 14.6 Å². The van der Waals surface area contributed by atoms with Crippen molar-refractivity contribution in [1.29, 1.82) is 5.26 Å². The summed E-state index contributed by atoms with van der Waals surface area (Å²) in [6.07, 6.45) is 6.61. The van der Waals surface area contributed by atoms with Crippen molar-refractivity contribution in [2.75, 3.05) is 12.5 Å². The zero-order valence-corrected chi connectivity index (χ0v) is 20.7.